The summed E-state index contributed by atoms with van der Waals surface area (Å²) in [7, 11) is 5.97. The van der Waals surface area contributed by atoms with Crippen molar-refractivity contribution in [2.45, 2.75) is 257 Å². The van der Waals surface area contributed by atoms with Crippen molar-refractivity contribution >= 4 is 17.9 Å². The number of quaternary nitrogens is 1. The second-order valence-electron chi connectivity index (χ2n) is 19.2. The van der Waals surface area contributed by atoms with Crippen molar-refractivity contribution in [3.05, 3.63) is 24.3 Å². The van der Waals surface area contributed by atoms with E-state index in [1.165, 1.54) is 161 Å². The summed E-state index contributed by atoms with van der Waals surface area (Å²) in [5.74, 6) is -2.00. The molecule has 0 aromatic rings. The highest BCUT2D eigenvalue weighted by molar-refractivity contribution is 5.71. The van der Waals surface area contributed by atoms with Gasteiger partial charge in [-0.3, -0.25) is 9.59 Å². The number of carbonyl (C=O) groups excluding carboxylic acids is 2. The summed E-state index contributed by atoms with van der Waals surface area (Å²) in [4.78, 5) is 37.3. The standard InChI is InChI=1S/C54H101NO8/c1-6-8-10-12-14-16-18-20-22-24-25-26-27-29-30-32-34-36-38-40-42-44-51(56)61-48-50(49-62-54(53(58)59)60-47-46-55(3,4)5)63-52(57)45-43-41-39-37-35-33-31-28-23-21-19-17-15-13-11-9-7-2/h15,17,21,23,50,54H,6-14,16,18-20,22,24-49H2,1-5H3/p+1/b17-15-,23-21-. The van der Waals surface area contributed by atoms with E-state index in [2.05, 4.69) is 38.2 Å². The molecule has 0 aliphatic heterocycles. The molecular formula is C54H102NO8+. The zero-order chi connectivity index (χ0) is 46.3. The fraction of sp³-hybridized carbons (Fsp3) is 0.870. The molecule has 0 saturated carbocycles. The van der Waals surface area contributed by atoms with Crippen molar-refractivity contribution < 1.29 is 42.9 Å². The first-order valence-corrected chi connectivity index (χ1v) is 26.5. The van der Waals surface area contributed by atoms with Gasteiger partial charge in [-0.05, 0) is 44.9 Å². The van der Waals surface area contributed by atoms with E-state index in [1.807, 2.05) is 21.1 Å². The number of hydrogen-bond acceptors (Lipinski definition) is 7. The molecular weight excluding hydrogens is 791 g/mol. The van der Waals surface area contributed by atoms with Gasteiger partial charge in [0.2, 0.25) is 0 Å². The van der Waals surface area contributed by atoms with E-state index in [9.17, 15) is 19.5 Å². The number of likely N-dealkylation sites (N-methyl/N-ethyl adjacent to an activating group) is 1. The Morgan fingerprint density at radius 3 is 1.29 bits per heavy atom. The van der Waals surface area contributed by atoms with E-state index >= 15 is 0 Å². The molecule has 0 heterocycles. The first-order valence-electron chi connectivity index (χ1n) is 26.5. The summed E-state index contributed by atoms with van der Waals surface area (Å²) >= 11 is 0. The van der Waals surface area contributed by atoms with Crippen LogP contribution in [0.3, 0.4) is 0 Å². The van der Waals surface area contributed by atoms with Gasteiger partial charge < -0.3 is 28.5 Å². The molecule has 0 aliphatic carbocycles. The van der Waals surface area contributed by atoms with Crippen molar-refractivity contribution in [2.24, 2.45) is 0 Å². The minimum Gasteiger partial charge on any atom is -0.477 e. The van der Waals surface area contributed by atoms with Crippen molar-refractivity contribution in [1.82, 2.24) is 0 Å². The van der Waals surface area contributed by atoms with Crippen molar-refractivity contribution in [3.63, 3.8) is 0 Å². The molecule has 0 bridgehead atoms. The molecule has 2 atom stereocenters. The summed E-state index contributed by atoms with van der Waals surface area (Å²) in [5.41, 5.74) is 0. The number of ether oxygens (including phenoxy) is 4. The molecule has 0 fully saturated rings. The SMILES string of the molecule is CCCCC/C=C\C/C=C\CCCCCCCCCC(=O)OC(COC(=O)CCCCCCCCCCCCCCCCCCCCCCC)COC(OCC[N+](C)(C)C)C(=O)O. The Balaban J connectivity index is 4.28. The highest BCUT2D eigenvalue weighted by Crippen LogP contribution is 2.16. The van der Waals surface area contributed by atoms with Crippen molar-refractivity contribution in [1.29, 1.82) is 0 Å². The number of unbranched alkanes of at least 4 members (excludes halogenated alkanes) is 30. The topological polar surface area (TPSA) is 108 Å². The normalized spacial score (nSPS) is 13.0. The van der Waals surface area contributed by atoms with Crippen LogP contribution in [0.5, 0.6) is 0 Å². The number of carbonyl (C=O) groups is 3. The molecule has 0 radical (unpaired) electrons. The summed E-state index contributed by atoms with van der Waals surface area (Å²) < 4.78 is 22.8. The Kier molecular flexibility index (Phi) is 44.7. The van der Waals surface area contributed by atoms with E-state index in [0.717, 1.165) is 51.4 Å². The molecule has 9 heteroatoms. The molecule has 0 aliphatic rings. The van der Waals surface area contributed by atoms with Crippen LogP contribution in [0.1, 0.15) is 245 Å². The van der Waals surface area contributed by atoms with Crippen LogP contribution in [-0.2, 0) is 33.3 Å². The van der Waals surface area contributed by atoms with Crippen LogP contribution in [0.4, 0.5) is 0 Å². The summed E-state index contributed by atoms with van der Waals surface area (Å²) in [6, 6.07) is 0. The third kappa shape index (κ3) is 47.5. The summed E-state index contributed by atoms with van der Waals surface area (Å²) in [5, 5.41) is 9.67. The Morgan fingerprint density at radius 2 is 0.857 bits per heavy atom. The number of carboxylic acids is 1. The monoisotopic (exact) mass is 893 g/mol. The van der Waals surface area contributed by atoms with Crippen LogP contribution < -0.4 is 0 Å². The zero-order valence-corrected chi connectivity index (χ0v) is 42.0. The molecule has 0 aromatic carbocycles. The third-order valence-electron chi connectivity index (χ3n) is 11.7. The highest BCUT2D eigenvalue weighted by Gasteiger charge is 2.25. The van der Waals surface area contributed by atoms with Crippen LogP contribution in [0, 0.1) is 0 Å². The van der Waals surface area contributed by atoms with E-state index in [1.54, 1.807) is 0 Å². The maximum absolute atomic E-state index is 12.8. The lowest BCUT2D eigenvalue weighted by atomic mass is 10.0. The number of aliphatic carboxylic acids is 1. The lowest BCUT2D eigenvalue weighted by Crippen LogP contribution is -2.40. The van der Waals surface area contributed by atoms with Gasteiger partial charge >= 0.3 is 17.9 Å². The minimum absolute atomic E-state index is 0.181. The fourth-order valence-electron chi connectivity index (χ4n) is 7.57. The number of allylic oxidation sites excluding steroid dienone is 4. The largest absolute Gasteiger partial charge is 0.477 e. The molecule has 2 unspecified atom stereocenters. The Bertz CT molecular complexity index is 1090. The van der Waals surface area contributed by atoms with Crippen LogP contribution in [0.15, 0.2) is 24.3 Å². The lowest BCUT2D eigenvalue weighted by Gasteiger charge is -2.25. The summed E-state index contributed by atoms with van der Waals surface area (Å²) in [6.07, 6.45) is 49.5. The van der Waals surface area contributed by atoms with E-state index in [0.29, 0.717) is 23.9 Å². The van der Waals surface area contributed by atoms with E-state index in [4.69, 9.17) is 18.9 Å². The van der Waals surface area contributed by atoms with Gasteiger partial charge in [-0.2, -0.15) is 0 Å². The molecule has 0 saturated heterocycles. The molecule has 9 nitrogen and oxygen atoms in total. The van der Waals surface area contributed by atoms with E-state index < -0.39 is 24.3 Å². The maximum atomic E-state index is 12.8. The molecule has 0 amide bonds. The van der Waals surface area contributed by atoms with Crippen molar-refractivity contribution in [3.8, 4) is 0 Å². The Hall–Kier alpha value is -2.23. The molecule has 0 aromatic heterocycles. The van der Waals surface area contributed by atoms with Gasteiger partial charge in [0.05, 0.1) is 34.4 Å². The number of carboxylic acid groups (broad SMARTS) is 1. The molecule has 1 N–H and O–H groups in total. The van der Waals surface area contributed by atoms with Crippen LogP contribution in [-0.4, -0.2) is 87.4 Å². The number of esters is 2. The summed E-state index contributed by atoms with van der Waals surface area (Å²) in [6.45, 7) is 4.88. The van der Waals surface area contributed by atoms with Crippen LogP contribution in [0.2, 0.25) is 0 Å². The van der Waals surface area contributed by atoms with Gasteiger partial charge in [-0.1, -0.05) is 212 Å². The van der Waals surface area contributed by atoms with Gasteiger partial charge in [0.1, 0.15) is 13.2 Å². The maximum Gasteiger partial charge on any atom is 0.361 e. The smallest absolute Gasteiger partial charge is 0.361 e. The van der Waals surface area contributed by atoms with E-state index in [-0.39, 0.29) is 32.2 Å². The van der Waals surface area contributed by atoms with Gasteiger partial charge in [0, 0.05) is 12.8 Å². The average Bonchev–Trinajstić information content (AvgIpc) is 3.24. The molecule has 0 spiro atoms. The van der Waals surface area contributed by atoms with Crippen LogP contribution in [0.25, 0.3) is 0 Å². The molecule has 0 rings (SSSR count). The number of rotatable bonds is 49. The Morgan fingerprint density at radius 1 is 0.476 bits per heavy atom. The lowest BCUT2D eigenvalue weighted by molar-refractivity contribution is -0.870. The quantitative estimate of drug-likeness (QED) is 0.0211. The predicted octanol–water partition coefficient (Wildman–Crippen LogP) is 14.8. The van der Waals surface area contributed by atoms with Crippen LogP contribution >= 0.6 is 0 Å². The van der Waals surface area contributed by atoms with Crippen molar-refractivity contribution in [2.75, 3.05) is 47.5 Å². The highest BCUT2D eigenvalue weighted by atomic mass is 16.7. The molecule has 63 heavy (non-hydrogen) atoms. The minimum atomic E-state index is -1.51. The zero-order valence-electron chi connectivity index (χ0n) is 42.0. The first kappa shape index (κ1) is 60.8. The Labute approximate surface area is 388 Å². The number of hydrogen-bond donors (Lipinski definition) is 1. The number of nitrogens with zero attached hydrogens (tertiary/aromatic N) is 1. The fourth-order valence-corrected chi connectivity index (χ4v) is 7.57. The van der Waals surface area contributed by atoms with Gasteiger partial charge in [0.15, 0.2) is 6.10 Å². The average molecular weight is 893 g/mol. The van der Waals surface area contributed by atoms with Gasteiger partial charge in [-0.15, -0.1) is 0 Å². The second kappa shape index (κ2) is 46.3. The predicted molar refractivity (Wildman–Crippen MR) is 263 cm³/mol. The van der Waals surface area contributed by atoms with Gasteiger partial charge in [0.25, 0.3) is 6.29 Å². The third-order valence-corrected chi connectivity index (χ3v) is 11.7. The molecule has 370 valence electrons. The second-order valence-corrected chi connectivity index (χ2v) is 19.2. The van der Waals surface area contributed by atoms with Gasteiger partial charge in [-0.25, -0.2) is 4.79 Å². The first-order chi connectivity index (χ1) is 30.6.